The summed E-state index contributed by atoms with van der Waals surface area (Å²) in [4.78, 5) is 28.2. The Kier molecular flexibility index (Phi) is 8.69. The van der Waals surface area contributed by atoms with Gasteiger partial charge in [-0.2, -0.15) is 0 Å². The van der Waals surface area contributed by atoms with Gasteiger partial charge >= 0.3 is 0 Å². The summed E-state index contributed by atoms with van der Waals surface area (Å²) in [6, 6.07) is 16.7. The molecule has 2 rings (SSSR count). The molecule has 0 aliphatic heterocycles. The molecule has 27 heavy (non-hydrogen) atoms. The highest BCUT2D eigenvalue weighted by molar-refractivity contribution is 8.00. The van der Waals surface area contributed by atoms with Crippen molar-refractivity contribution in [3.63, 3.8) is 0 Å². The van der Waals surface area contributed by atoms with Crippen LogP contribution in [-0.2, 0) is 16.1 Å². The molecule has 0 saturated carbocycles. The lowest BCUT2D eigenvalue weighted by molar-refractivity contribution is -0.139. The molecule has 0 heterocycles. The van der Waals surface area contributed by atoms with Crippen molar-refractivity contribution in [1.29, 1.82) is 0 Å². The van der Waals surface area contributed by atoms with Crippen LogP contribution in [0, 0.1) is 0 Å². The molecular weight excluding hydrogens is 380 g/mol. The zero-order valence-electron chi connectivity index (χ0n) is 15.7. The van der Waals surface area contributed by atoms with E-state index in [1.807, 2.05) is 56.3 Å². The maximum absolute atomic E-state index is 13.0. The van der Waals surface area contributed by atoms with Crippen molar-refractivity contribution in [3.8, 4) is 0 Å². The number of halogens is 1. The van der Waals surface area contributed by atoms with E-state index in [2.05, 4.69) is 5.32 Å². The zero-order valence-corrected chi connectivity index (χ0v) is 17.2. The van der Waals surface area contributed by atoms with Crippen molar-refractivity contribution in [1.82, 2.24) is 10.2 Å². The fraction of sp³-hybridized carbons (Fsp3) is 0.333. The van der Waals surface area contributed by atoms with Crippen LogP contribution in [0.4, 0.5) is 0 Å². The maximum atomic E-state index is 13.0. The molecular formula is C21H25ClN2O2S. The van der Waals surface area contributed by atoms with E-state index in [4.69, 9.17) is 11.6 Å². The first kappa shape index (κ1) is 21.3. The molecule has 0 aromatic heterocycles. The van der Waals surface area contributed by atoms with E-state index in [-0.39, 0.29) is 17.6 Å². The zero-order chi connectivity index (χ0) is 19.6. The van der Waals surface area contributed by atoms with Crippen molar-refractivity contribution in [2.45, 2.75) is 37.8 Å². The predicted octanol–water partition coefficient (Wildman–Crippen LogP) is 4.38. The number of hydrogen-bond donors (Lipinski definition) is 1. The molecule has 2 amide bonds. The normalized spacial score (nSPS) is 11.7. The number of amides is 2. The van der Waals surface area contributed by atoms with E-state index >= 15 is 0 Å². The van der Waals surface area contributed by atoms with Gasteiger partial charge in [0.15, 0.2) is 0 Å². The average molecular weight is 405 g/mol. The minimum absolute atomic E-state index is 0.0584. The van der Waals surface area contributed by atoms with Crippen LogP contribution in [0.1, 0.15) is 25.8 Å². The number of hydrogen-bond acceptors (Lipinski definition) is 3. The second kappa shape index (κ2) is 11.0. The number of benzene rings is 2. The Morgan fingerprint density at radius 3 is 2.33 bits per heavy atom. The largest absolute Gasteiger partial charge is 0.355 e. The summed E-state index contributed by atoms with van der Waals surface area (Å²) in [7, 11) is 0. The lowest BCUT2D eigenvalue weighted by atomic mass is 10.1. The number of thioether (sulfide) groups is 1. The molecule has 0 spiro atoms. The number of nitrogens with one attached hydrogen (secondary N) is 1. The second-order valence-corrected chi connectivity index (χ2v) is 7.55. The van der Waals surface area contributed by atoms with Crippen molar-refractivity contribution in [2.24, 2.45) is 0 Å². The Labute approximate surface area is 170 Å². The summed E-state index contributed by atoms with van der Waals surface area (Å²) < 4.78 is 0. The molecule has 0 bridgehead atoms. The fourth-order valence-electron chi connectivity index (χ4n) is 2.74. The third-order valence-electron chi connectivity index (χ3n) is 4.11. The van der Waals surface area contributed by atoms with Gasteiger partial charge in [0.1, 0.15) is 6.04 Å². The standard InChI is InChI=1S/C21H25ClN2O2S/c1-3-19(21(26)23-4-2)24(14-16-10-12-17(22)13-11-16)20(25)15-27-18-8-6-5-7-9-18/h5-13,19H,3-4,14-15H2,1-2H3,(H,23,26)/t19-/m1/s1. The van der Waals surface area contributed by atoms with Gasteiger partial charge in [0, 0.05) is 23.0 Å². The van der Waals surface area contributed by atoms with Crippen LogP contribution < -0.4 is 5.32 Å². The minimum Gasteiger partial charge on any atom is -0.355 e. The van der Waals surface area contributed by atoms with Crippen LogP contribution in [-0.4, -0.2) is 35.1 Å². The topological polar surface area (TPSA) is 49.4 Å². The molecule has 2 aromatic carbocycles. The van der Waals surface area contributed by atoms with Gasteiger partial charge in [-0.3, -0.25) is 9.59 Å². The summed E-state index contributed by atoms with van der Waals surface area (Å²) >= 11 is 7.44. The Balaban J connectivity index is 2.17. The molecule has 0 saturated heterocycles. The Bertz CT molecular complexity index is 738. The van der Waals surface area contributed by atoms with Gasteiger partial charge in [-0.05, 0) is 43.2 Å². The second-order valence-electron chi connectivity index (χ2n) is 6.07. The molecule has 0 fully saturated rings. The van der Waals surface area contributed by atoms with E-state index in [0.717, 1.165) is 10.5 Å². The quantitative estimate of drug-likeness (QED) is 0.631. The van der Waals surface area contributed by atoms with Gasteiger partial charge in [0.05, 0.1) is 5.75 Å². The van der Waals surface area contributed by atoms with Crippen LogP contribution in [0.5, 0.6) is 0 Å². The first-order valence-corrected chi connectivity index (χ1v) is 10.4. The van der Waals surface area contributed by atoms with E-state index in [1.165, 1.54) is 11.8 Å². The van der Waals surface area contributed by atoms with Crippen LogP contribution in [0.25, 0.3) is 0 Å². The smallest absolute Gasteiger partial charge is 0.242 e. The Morgan fingerprint density at radius 1 is 1.07 bits per heavy atom. The van der Waals surface area contributed by atoms with Crippen LogP contribution in [0.2, 0.25) is 5.02 Å². The lowest BCUT2D eigenvalue weighted by Crippen LogP contribution is -2.49. The van der Waals surface area contributed by atoms with E-state index in [0.29, 0.717) is 24.5 Å². The first-order chi connectivity index (χ1) is 13.0. The van der Waals surface area contributed by atoms with Crippen molar-refractivity contribution >= 4 is 35.2 Å². The fourth-order valence-corrected chi connectivity index (χ4v) is 3.67. The highest BCUT2D eigenvalue weighted by Gasteiger charge is 2.28. The molecule has 0 aliphatic carbocycles. The predicted molar refractivity (Wildman–Crippen MR) is 112 cm³/mol. The van der Waals surface area contributed by atoms with Crippen molar-refractivity contribution in [2.75, 3.05) is 12.3 Å². The number of carbonyl (C=O) groups is 2. The van der Waals surface area contributed by atoms with Gasteiger partial charge in [-0.1, -0.05) is 48.9 Å². The van der Waals surface area contributed by atoms with Crippen molar-refractivity contribution in [3.05, 3.63) is 65.2 Å². The molecule has 6 heteroatoms. The third kappa shape index (κ3) is 6.60. The van der Waals surface area contributed by atoms with E-state index in [9.17, 15) is 9.59 Å². The molecule has 2 aromatic rings. The summed E-state index contributed by atoms with van der Waals surface area (Å²) in [6.07, 6.45) is 0.557. The molecule has 1 N–H and O–H groups in total. The van der Waals surface area contributed by atoms with Crippen LogP contribution in [0.15, 0.2) is 59.5 Å². The van der Waals surface area contributed by atoms with Gasteiger partial charge < -0.3 is 10.2 Å². The molecule has 0 radical (unpaired) electrons. The number of nitrogens with zero attached hydrogens (tertiary/aromatic N) is 1. The lowest BCUT2D eigenvalue weighted by Gasteiger charge is -2.30. The maximum Gasteiger partial charge on any atom is 0.242 e. The van der Waals surface area contributed by atoms with Gasteiger partial charge in [0.25, 0.3) is 0 Å². The van der Waals surface area contributed by atoms with E-state index < -0.39 is 6.04 Å². The van der Waals surface area contributed by atoms with Crippen molar-refractivity contribution < 1.29 is 9.59 Å². The third-order valence-corrected chi connectivity index (χ3v) is 5.36. The van der Waals surface area contributed by atoms with Gasteiger partial charge in [-0.25, -0.2) is 0 Å². The van der Waals surface area contributed by atoms with Gasteiger partial charge in [-0.15, -0.1) is 11.8 Å². The number of carbonyl (C=O) groups excluding carboxylic acids is 2. The molecule has 4 nitrogen and oxygen atoms in total. The Hall–Kier alpha value is -1.98. The molecule has 0 aliphatic rings. The number of likely N-dealkylation sites (N-methyl/N-ethyl adjacent to an activating group) is 1. The van der Waals surface area contributed by atoms with E-state index in [1.54, 1.807) is 17.0 Å². The molecule has 0 unspecified atom stereocenters. The van der Waals surface area contributed by atoms with Crippen LogP contribution >= 0.6 is 23.4 Å². The van der Waals surface area contributed by atoms with Crippen LogP contribution in [0.3, 0.4) is 0 Å². The first-order valence-electron chi connectivity index (χ1n) is 9.04. The summed E-state index contributed by atoms with van der Waals surface area (Å²) in [5, 5.41) is 3.49. The highest BCUT2D eigenvalue weighted by Crippen LogP contribution is 2.20. The summed E-state index contributed by atoms with van der Waals surface area (Å²) in [5.74, 6) is 0.108. The SMILES string of the molecule is CCNC(=O)[C@@H](CC)N(Cc1ccc(Cl)cc1)C(=O)CSc1ccccc1. The summed E-state index contributed by atoms with van der Waals surface area (Å²) in [6.45, 7) is 4.71. The summed E-state index contributed by atoms with van der Waals surface area (Å²) in [5.41, 5.74) is 0.945. The molecule has 1 atom stereocenters. The highest BCUT2D eigenvalue weighted by atomic mass is 35.5. The van der Waals surface area contributed by atoms with Gasteiger partial charge in [0.2, 0.25) is 11.8 Å². The monoisotopic (exact) mass is 404 g/mol. The average Bonchev–Trinajstić information content (AvgIpc) is 2.68. The molecule has 144 valence electrons. The number of rotatable bonds is 9. The Morgan fingerprint density at radius 2 is 1.74 bits per heavy atom. The minimum atomic E-state index is -0.496.